The van der Waals surface area contributed by atoms with Crippen LogP contribution in [0, 0.1) is 5.92 Å². The van der Waals surface area contributed by atoms with Crippen LogP contribution in [0.15, 0.2) is 12.1 Å². The van der Waals surface area contributed by atoms with Crippen LogP contribution in [0.2, 0.25) is 18.3 Å². The Bertz CT molecular complexity index is 800. The van der Waals surface area contributed by atoms with Crippen LogP contribution in [0.3, 0.4) is 0 Å². The molecule has 0 aliphatic heterocycles. The van der Waals surface area contributed by atoms with Gasteiger partial charge in [0.25, 0.3) is 0 Å². The molecule has 1 aromatic rings. The second-order valence-electron chi connectivity index (χ2n) is 10.5. The van der Waals surface area contributed by atoms with Crippen molar-refractivity contribution in [2.45, 2.75) is 104 Å². The fourth-order valence-corrected chi connectivity index (χ4v) is 20.8. The summed E-state index contributed by atoms with van der Waals surface area (Å²) in [5.74, 6) is 2.13. The number of halogens is 1. The third-order valence-corrected chi connectivity index (χ3v) is 22.8. The number of hydrogen-bond donors (Lipinski definition) is 0. The van der Waals surface area contributed by atoms with Crippen LogP contribution in [-0.2, 0) is 11.2 Å². The summed E-state index contributed by atoms with van der Waals surface area (Å²) in [5, 5.41) is 0.795. The van der Waals surface area contributed by atoms with Crippen molar-refractivity contribution in [3.63, 3.8) is 0 Å². The van der Waals surface area contributed by atoms with Crippen molar-refractivity contribution in [1.29, 1.82) is 0 Å². The average molecular weight is 598 g/mol. The van der Waals surface area contributed by atoms with Crippen molar-refractivity contribution < 1.29 is 14.2 Å². The van der Waals surface area contributed by atoms with Gasteiger partial charge in [0, 0.05) is 0 Å². The summed E-state index contributed by atoms with van der Waals surface area (Å²) in [6, 6.07) is 1.91. The summed E-state index contributed by atoms with van der Waals surface area (Å²) in [4.78, 5) is 0. The molecule has 3 nitrogen and oxygen atoms in total. The van der Waals surface area contributed by atoms with Crippen molar-refractivity contribution in [2.24, 2.45) is 5.92 Å². The third kappa shape index (κ3) is 6.67. The van der Waals surface area contributed by atoms with Crippen molar-refractivity contribution in [1.82, 2.24) is 0 Å². The van der Waals surface area contributed by atoms with Gasteiger partial charge in [0.15, 0.2) is 0 Å². The van der Waals surface area contributed by atoms with Gasteiger partial charge in [0.05, 0.1) is 0 Å². The van der Waals surface area contributed by atoms with Crippen LogP contribution in [0.4, 0.5) is 0 Å². The number of hydrogen-bond acceptors (Lipinski definition) is 3. The molecule has 0 saturated heterocycles. The summed E-state index contributed by atoms with van der Waals surface area (Å²) >= 11 is 4.40. The molecule has 5 heteroatoms. The first kappa shape index (κ1) is 28.2. The zero-order chi connectivity index (χ0) is 24.6. The van der Waals surface area contributed by atoms with Crippen molar-refractivity contribution >= 4 is 35.6 Å². The van der Waals surface area contributed by atoms with Crippen LogP contribution in [-0.4, -0.2) is 43.3 Å². The zero-order valence-corrected chi connectivity index (χ0v) is 25.9. The number of allylic oxidation sites excluding steroid dienone is 1. The molecule has 0 saturated carbocycles. The van der Waals surface area contributed by atoms with Gasteiger partial charge in [-0.05, 0) is 0 Å². The van der Waals surface area contributed by atoms with E-state index in [4.69, 9.17) is 25.8 Å². The summed E-state index contributed by atoms with van der Waals surface area (Å²) in [6.45, 7) is 7.03. The molecular formula is C29H47ClO3Sn. The van der Waals surface area contributed by atoms with E-state index < -0.39 is 18.4 Å². The Kier molecular flexibility index (Phi) is 11.4. The van der Waals surface area contributed by atoms with Crippen molar-refractivity contribution in [3.8, 4) is 11.5 Å². The van der Waals surface area contributed by atoms with Gasteiger partial charge in [-0.15, -0.1) is 0 Å². The molecule has 0 N–H and O–H groups in total. The first-order chi connectivity index (χ1) is 16.5. The fraction of sp³-hybridized carbons (Fsp3) is 0.724. The van der Waals surface area contributed by atoms with E-state index in [1.54, 1.807) is 14.2 Å². The van der Waals surface area contributed by atoms with Gasteiger partial charge in [0.2, 0.25) is 0 Å². The predicted octanol–water partition coefficient (Wildman–Crippen LogP) is 8.87. The second kappa shape index (κ2) is 13.8. The summed E-state index contributed by atoms with van der Waals surface area (Å²) in [7, 11) is 3.43. The van der Waals surface area contributed by atoms with Crippen LogP contribution in [0.25, 0.3) is 5.57 Å². The molecular weight excluding hydrogens is 550 g/mol. The first-order valence-electron chi connectivity index (χ1n) is 13.8. The van der Waals surface area contributed by atoms with E-state index in [0.717, 1.165) is 40.4 Å². The molecule has 3 rings (SSSR count). The number of methoxy groups -OCH3 is 2. The molecule has 0 fully saturated rings. The summed E-state index contributed by atoms with van der Waals surface area (Å²) in [5.41, 5.74) is 3.77. The van der Waals surface area contributed by atoms with Crippen LogP contribution >= 0.6 is 11.6 Å². The molecule has 0 radical (unpaired) electrons. The molecule has 1 aromatic carbocycles. The van der Waals surface area contributed by atoms with Gasteiger partial charge in [-0.1, -0.05) is 0 Å². The van der Waals surface area contributed by atoms with E-state index in [1.807, 2.05) is 6.07 Å². The molecule has 0 amide bonds. The Morgan fingerprint density at radius 1 is 0.912 bits per heavy atom. The molecule has 0 spiro atoms. The van der Waals surface area contributed by atoms with E-state index in [0.29, 0.717) is 5.92 Å². The van der Waals surface area contributed by atoms with E-state index >= 15 is 0 Å². The maximum absolute atomic E-state index is 6.88. The van der Waals surface area contributed by atoms with Gasteiger partial charge >= 0.3 is 219 Å². The number of rotatable bonds is 14. The Balaban J connectivity index is 1.87. The van der Waals surface area contributed by atoms with Gasteiger partial charge in [-0.3, -0.25) is 0 Å². The third-order valence-electron chi connectivity index (χ3n) is 8.14. The molecule has 34 heavy (non-hydrogen) atoms. The Labute approximate surface area is 217 Å². The van der Waals surface area contributed by atoms with Gasteiger partial charge in [0.1, 0.15) is 0 Å². The van der Waals surface area contributed by atoms with E-state index in [9.17, 15) is 0 Å². The fourth-order valence-electron chi connectivity index (χ4n) is 6.06. The predicted molar refractivity (Wildman–Crippen MR) is 148 cm³/mol. The number of benzene rings is 1. The van der Waals surface area contributed by atoms with Gasteiger partial charge in [-0.2, -0.15) is 0 Å². The normalized spacial score (nSPS) is 19.9. The monoisotopic (exact) mass is 598 g/mol. The molecule has 2 aliphatic carbocycles. The first-order valence-corrected chi connectivity index (χ1v) is 22.2. The Morgan fingerprint density at radius 3 is 2.12 bits per heavy atom. The van der Waals surface area contributed by atoms with Gasteiger partial charge in [-0.25, -0.2) is 0 Å². The summed E-state index contributed by atoms with van der Waals surface area (Å²) < 4.78 is 24.0. The van der Waals surface area contributed by atoms with Crippen molar-refractivity contribution in [2.75, 3.05) is 18.8 Å². The van der Waals surface area contributed by atoms with Crippen LogP contribution < -0.4 is 9.47 Å². The number of unbranched alkanes of at least 4 members (excludes halogenated alkanes) is 3. The van der Waals surface area contributed by atoms with Crippen LogP contribution in [0.1, 0.15) is 89.7 Å². The molecule has 0 heterocycles. The minimum atomic E-state index is -2.31. The Morgan fingerprint density at radius 2 is 1.56 bits per heavy atom. The second-order valence-corrected chi connectivity index (χ2v) is 24.6. The molecule has 2 aliphatic rings. The van der Waals surface area contributed by atoms with Crippen LogP contribution in [0.5, 0.6) is 11.5 Å². The summed E-state index contributed by atoms with van der Waals surface area (Å²) in [6.07, 6.45) is 15.3. The average Bonchev–Trinajstić information content (AvgIpc) is 2.87. The van der Waals surface area contributed by atoms with E-state index in [1.165, 1.54) is 75.0 Å². The quantitative estimate of drug-likeness (QED) is 0.201. The maximum atomic E-state index is 6.88. The van der Waals surface area contributed by atoms with Crippen molar-refractivity contribution in [3.05, 3.63) is 28.3 Å². The van der Waals surface area contributed by atoms with E-state index in [-0.39, 0.29) is 6.10 Å². The Hall–Kier alpha value is -0.391. The molecule has 0 aromatic heterocycles. The molecule has 0 bridgehead atoms. The number of ether oxygens (including phenoxy) is 3. The number of fused-ring (bicyclic) bond motifs is 3. The van der Waals surface area contributed by atoms with Gasteiger partial charge < -0.3 is 0 Å². The van der Waals surface area contributed by atoms with E-state index in [2.05, 4.69) is 26.8 Å². The standard InChI is InChI=1S/C17H20ClO3.3C4H9.Sn/c1-19-11-6-4-10-5-7-12-14(18)9-15(20-2)17(21-3)16(12)13(10)8-11;3*1-3-4-2;/h8-11H,1,4-7H2,2-3H3;3*1,3-4H2,2H3;/t10-,11+;;;;/m0..../s1. The SMILES string of the molecule is CCC[CH2][Sn]([CH2]CCC)([CH2]CCC)[CH2]O[C@H]1C=C2c3c(c(Cl)cc(OC)c3OC)CC[C@@H]2CC1. The topological polar surface area (TPSA) is 27.7 Å². The molecule has 2 atom stereocenters. The molecule has 192 valence electrons. The zero-order valence-electron chi connectivity index (χ0n) is 22.3. The minimum absolute atomic E-state index is 0.216. The molecule has 0 unspecified atom stereocenters.